The molecule has 0 saturated heterocycles. The van der Waals surface area contributed by atoms with Crippen molar-refractivity contribution in [2.75, 3.05) is 6.61 Å². The third kappa shape index (κ3) is 4.26. The first-order chi connectivity index (χ1) is 7.59. The van der Waals surface area contributed by atoms with Crippen molar-refractivity contribution in [1.82, 2.24) is 4.98 Å². The van der Waals surface area contributed by atoms with Crippen LogP contribution in [0.15, 0.2) is 30.5 Å². The maximum Gasteiger partial charge on any atom is 0.333 e. The van der Waals surface area contributed by atoms with E-state index in [1.807, 2.05) is 25.3 Å². The first kappa shape index (κ1) is 12.4. The Kier molecular flexibility index (Phi) is 4.70. The fourth-order valence-corrected chi connectivity index (χ4v) is 1.21. The van der Waals surface area contributed by atoms with Crippen LogP contribution in [0.1, 0.15) is 24.6 Å². The molecule has 16 heavy (non-hydrogen) atoms. The zero-order valence-electron chi connectivity index (χ0n) is 9.82. The summed E-state index contributed by atoms with van der Waals surface area (Å²) in [5.41, 5.74) is 2.62. The molecule has 86 valence electrons. The number of esters is 1. The monoisotopic (exact) mass is 219 g/mol. The standard InChI is InChI=1S/C13H17NO2/c1-10(2)13(15)16-8-4-5-12-7-6-11(3)14-9-12/h6-7,9H,1,4-5,8H2,2-3H3. The Hall–Kier alpha value is -1.64. The molecule has 0 N–H and O–H groups in total. The topological polar surface area (TPSA) is 39.2 Å². The third-order valence-corrected chi connectivity index (χ3v) is 2.16. The second-order valence-electron chi connectivity index (χ2n) is 3.83. The van der Waals surface area contributed by atoms with E-state index >= 15 is 0 Å². The van der Waals surface area contributed by atoms with E-state index in [0.29, 0.717) is 12.2 Å². The molecule has 1 rings (SSSR count). The molecule has 1 heterocycles. The fraction of sp³-hybridized carbons (Fsp3) is 0.385. The lowest BCUT2D eigenvalue weighted by Gasteiger charge is -2.04. The van der Waals surface area contributed by atoms with Gasteiger partial charge in [-0.1, -0.05) is 12.6 Å². The van der Waals surface area contributed by atoms with Crippen LogP contribution in [-0.4, -0.2) is 17.6 Å². The van der Waals surface area contributed by atoms with Crippen molar-refractivity contribution in [2.45, 2.75) is 26.7 Å². The molecule has 1 aromatic rings. The van der Waals surface area contributed by atoms with Gasteiger partial charge in [-0.2, -0.15) is 0 Å². The van der Waals surface area contributed by atoms with E-state index in [0.717, 1.165) is 24.1 Å². The lowest BCUT2D eigenvalue weighted by Crippen LogP contribution is -2.06. The van der Waals surface area contributed by atoms with E-state index in [2.05, 4.69) is 11.6 Å². The van der Waals surface area contributed by atoms with Crippen LogP contribution in [0.3, 0.4) is 0 Å². The summed E-state index contributed by atoms with van der Waals surface area (Å²) in [4.78, 5) is 15.3. The quantitative estimate of drug-likeness (QED) is 0.434. The number of pyridine rings is 1. The second-order valence-corrected chi connectivity index (χ2v) is 3.83. The minimum Gasteiger partial charge on any atom is -0.462 e. The normalized spacial score (nSPS) is 9.88. The van der Waals surface area contributed by atoms with E-state index in [9.17, 15) is 4.79 Å². The van der Waals surface area contributed by atoms with Gasteiger partial charge in [0.05, 0.1) is 6.61 Å². The maximum atomic E-state index is 11.1. The van der Waals surface area contributed by atoms with Crippen LogP contribution in [0.2, 0.25) is 0 Å². The Morgan fingerprint density at radius 1 is 1.50 bits per heavy atom. The molecule has 1 aromatic heterocycles. The van der Waals surface area contributed by atoms with E-state index in [-0.39, 0.29) is 5.97 Å². The lowest BCUT2D eigenvalue weighted by atomic mass is 10.1. The number of aryl methyl sites for hydroxylation is 2. The summed E-state index contributed by atoms with van der Waals surface area (Å²) in [7, 11) is 0. The van der Waals surface area contributed by atoms with Crippen molar-refractivity contribution >= 4 is 5.97 Å². The SMILES string of the molecule is C=C(C)C(=O)OCCCc1ccc(C)nc1. The predicted molar refractivity (Wildman–Crippen MR) is 63.1 cm³/mol. The molecule has 0 fully saturated rings. The van der Waals surface area contributed by atoms with Gasteiger partial charge in [-0.15, -0.1) is 0 Å². The van der Waals surface area contributed by atoms with Gasteiger partial charge in [0, 0.05) is 17.5 Å². The van der Waals surface area contributed by atoms with Gasteiger partial charge < -0.3 is 4.74 Å². The van der Waals surface area contributed by atoms with Crippen molar-refractivity contribution in [3.8, 4) is 0 Å². The average Bonchev–Trinajstić information content (AvgIpc) is 2.26. The first-order valence-electron chi connectivity index (χ1n) is 5.34. The van der Waals surface area contributed by atoms with E-state index in [1.54, 1.807) is 6.92 Å². The molecule has 0 aliphatic carbocycles. The second kappa shape index (κ2) is 6.05. The predicted octanol–water partition coefficient (Wildman–Crippen LogP) is 2.44. The molecule has 0 aliphatic rings. The highest BCUT2D eigenvalue weighted by Gasteiger charge is 2.02. The Morgan fingerprint density at radius 2 is 2.25 bits per heavy atom. The molecule has 0 amide bonds. The zero-order chi connectivity index (χ0) is 12.0. The van der Waals surface area contributed by atoms with Gasteiger partial charge in [-0.05, 0) is 38.3 Å². The van der Waals surface area contributed by atoms with Gasteiger partial charge >= 0.3 is 5.97 Å². The number of ether oxygens (including phenoxy) is 1. The molecule has 0 aliphatic heterocycles. The van der Waals surface area contributed by atoms with Gasteiger partial charge in [0.15, 0.2) is 0 Å². The van der Waals surface area contributed by atoms with Crippen LogP contribution in [0.5, 0.6) is 0 Å². The number of nitrogens with zero attached hydrogens (tertiary/aromatic N) is 1. The fourth-order valence-electron chi connectivity index (χ4n) is 1.21. The number of rotatable bonds is 5. The summed E-state index contributed by atoms with van der Waals surface area (Å²) in [6.07, 6.45) is 3.54. The molecule has 0 spiro atoms. The van der Waals surface area contributed by atoms with Gasteiger partial charge in [0.25, 0.3) is 0 Å². The summed E-state index contributed by atoms with van der Waals surface area (Å²) in [6, 6.07) is 4.03. The van der Waals surface area contributed by atoms with E-state index in [1.165, 1.54) is 0 Å². The number of carbonyl (C=O) groups excluding carboxylic acids is 1. The lowest BCUT2D eigenvalue weighted by molar-refractivity contribution is -0.139. The number of hydrogen-bond acceptors (Lipinski definition) is 3. The van der Waals surface area contributed by atoms with Crippen molar-refractivity contribution in [3.63, 3.8) is 0 Å². The van der Waals surface area contributed by atoms with Crippen molar-refractivity contribution < 1.29 is 9.53 Å². The number of aromatic nitrogens is 1. The molecule has 0 unspecified atom stereocenters. The molecular weight excluding hydrogens is 202 g/mol. The summed E-state index contributed by atoms with van der Waals surface area (Å²) in [5, 5.41) is 0. The van der Waals surface area contributed by atoms with Crippen LogP contribution in [-0.2, 0) is 16.0 Å². The summed E-state index contributed by atoms with van der Waals surface area (Å²) in [6.45, 7) is 7.55. The maximum absolute atomic E-state index is 11.1. The third-order valence-electron chi connectivity index (χ3n) is 2.16. The Bertz CT molecular complexity index is 368. The summed E-state index contributed by atoms with van der Waals surface area (Å²) >= 11 is 0. The molecule has 0 aromatic carbocycles. The van der Waals surface area contributed by atoms with Gasteiger partial charge in [0.1, 0.15) is 0 Å². The van der Waals surface area contributed by atoms with Crippen molar-refractivity contribution in [1.29, 1.82) is 0 Å². The molecule has 0 atom stereocenters. The van der Waals surface area contributed by atoms with Gasteiger partial charge in [0.2, 0.25) is 0 Å². The molecule has 3 heteroatoms. The number of hydrogen-bond donors (Lipinski definition) is 0. The molecule has 0 saturated carbocycles. The zero-order valence-corrected chi connectivity index (χ0v) is 9.82. The summed E-state index contributed by atoms with van der Waals surface area (Å²) < 4.78 is 4.99. The summed E-state index contributed by atoms with van der Waals surface area (Å²) in [5.74, 6) is -0.318. The van der Waals surface area contributed by atoms with Crippen LogP contribution >= 0.6 is 0 Å². The van der Waals surface area contributed by atoms with Crippen LogP contribution < -0.4 is 0 Å². The van der Waals surface area contributed by atoms with Crippen LogP contribution in [0, 0.1) is 6.92 Å². The van der Waals surface area contributed by atoms with Crippen LogP contribution in [0.4, 0.5) is 0 Å². The minimum atomic E-state index is -0.318. The highest BCUT2D eigenvalue weighted by atomic mass is 16.5. The van der Waals surface area contributed by atoms with E-state index < -0.39 is 0 Å². The molecular formula is C13H17NO2. The first-order valence-corrected chi connectivity index (χ1v) is 5.34. The van der Waals surface area contributed by atoms with Gasteiger partial charge in [-0.25, -0.2) is 4.79 Å². The Morgan fingerprint density at radius 3 is 2.81 bits per heavy atom. The van der Waals surface area contributed by atoms with Crippen LogP contribution in [0.25, 0.3) is 0 Å². The Labute approximate surface area is 96.2 Å². The molecule has 0 radical (unpaired) electrons. The smallest absolute Gasteiger partial charge is 0.333 e. The van der Waals surface area contributed by atoms with Crippen molar-refractivity contribution in [2.24, 2.45) is 0 Å². The molecule has 3 nitrogen and oxygen atoms in total. The largest absolute Gasteiger partial charge is 0.462 e. The Balaban J connectivity index is 2.23. The highest BCUT2D eigenvalue weighted by molar-refractivity contribution is 5.86. The van der Waals surface area contributed by atoms with Gasteiger partial charge in [-0.3, -0.25) is 4.98 Å². The van der Waals surface area contributed by atoms with E-state index in [4.69, 9.17) is 4.74 Å². The van der Waals surface area contributed by atoms with Crippen molar-refractivity contribution in [3.05, 3.63) is 41.7 Å². The average molecular weight is 219 g/mol. The minimum absolute atomic E-state index is 0.318. The number of carbonyl (C=O) groups is 1. The highest BCUT2D eigenvalue weighted by Crippen LogP contribution is 2.03. The molecule has 0 bridgehead atoms.